The lowest BCUT2D eigenvalue weighted by Gasteiger charge is -2.29. The summed E-state index contributed by atoms with van der Waals surface area (Å²) in [4.78, 5) is 2.35. The Hall–Kier alpha value is -8.08. The molecule has 0 bridgehead atoms. The van der Waals surface area contributed by atoms with Crippen molar-refractivity contribution in [1.29, 1.82) is 0 Å². The van der Waals surface area contributed by atoms with E-state index in [0.29, 0.717) is 0 Å². The normalized spacial score (nSPS) is 14.8. The predicted molar refractivity (Wildman–Crippen MR) is 273 cm³/mol. The predicted octanol–water partition coefficient (Wildman–Crippen LogP) is 17.7. The van der Waals surface area contributed by atoms with E-state index in [1.807, 2.05) is 6.07 Å². The molecule has 0 radical (unpaired) electrons. The molecule has 2 aliphatic carbocycles. The fourth-order valence-corrected chi connectivity index (χ4v) is 12.0. The Bertz CT molecular complexity index is 4040. The largest absolute Gasteiger partial charge is 0.456 e. The zero-order valence-corrected chi connectivity index (χ0v) is 37.1. The third-order valence-corrected chi connectivity index (χ3v) is 14.8. The van der Waals surface area contributed by atoms with Crippen molar-refractivity contribution >= 4 is 94.0 Å². The number of nitrogens with zero attached hydrogens (tertiary/aromatic N) is 1. The molecule has 14 rings (SSSR count). The molecular formula is C62H43NO3. The molecule has 0 unspecified atom stereocenters. The van der Waals surface area contributed by atoms with Gasteiger partial charge in [-0.05, 0) is 99.1 Å². The van der Waals surface area contributed by atoms with Crippen LogP contribution in [0.15, 0.2) is 201 Å². The van der Waals surface area contributed by atoms with Crippen LogP contribution in [0, 0.1) is 0 Å². The second-order valence-corrected chi connectivity index (χ2v) is 19.1. The Morgan fingerprint density at radius 2 is 0.970 bits per heavy atom. The first-order chi connectivity index (χ1) is 32.3. The average Bonchev–Trinajstić information content (AvgIpc) is 4.14. The van der Waals surface area contributed by atoms with Gasteiger partial charge in [-0.2, -0.15) is 0 Å². The van der Waals surface area contributed by atoms with Crippen LogP contribution < -0.4 is 4.90 Å². The monoisotopic (exact) mass is 849 g/mol. The average molecular weight is 850 g/mol. The molecule has 0 saturated carbocycles. The molecule has 3 aromatic heterocycles. The molecule has 9 aromatic carbocycles. The molecule has 2 aliphatic rings. The molecular weight excluding hydrogens is 807 g/mol. The van der Waals surface area contributed by atoms with Crippen molar-refractivity contribution in [2.24, 2.45) is 0 Å². The van der Waals surface area contributed by atoms with Gasteiger partial charge >= 0.3 is 0 Å². The van der Waals surface area contributed by atoms with Gasteiger partial charge < -0.3 is 18.2 Å². The van der Waals surface area contributed by atoms with Crippen LogP contribution in [0.4, 0.5) is 17.1 Å². The van der Waals surface area contributed by atoms with Crippen molar-refractivity contribution in [1.82, 2.24) is 0 Å². The van der Waals surface area contributed by atoms with Crippen molar-refractivity contribution in [2.45, 2.75) is 38.5 Å². The number of benzene rings is 9. The molecule has 0 spiro atoms. The van der Waals surface area contributed by atoms with E-state index < -0.39 is 0 Å². The highest BCUT2D eigenvalue weighted by molar-refractivity contribution is 6.24. The first-order valence-corrected chi connectivity index (χ1v) is 22.9. The Labute approximate surface area is 381 Å². The van der Waals surface area contributed by atoms with E-state index in [4.69, 9.17) is 13.3 Å². The van der Waals surface area contributed by atoms with Crippen LogP contribution >= 0.6 is 0 Å². The van der Waals surface area contributed by atoms with Gasteiger partial charge in [0.25, 0.3) is 0 Å². The Balaban J connectivity index is 0.974. The summed E-state index contributed by atoms with van der Waals surface area (Å²) < 4.78 is 20.2. The maximum Gasteiger partial charge on any atom is 0.159 e. The lowest BCUT2D eigenvalue weighted by molar-refractivity contribution is 0.664. The van der Waals surface area contributed by atoms with E-state index in [2.05, 4.69) is 215 Å². The summed E-state index contributed by atoms with van der Waals surface area (Å²) in [5.74, 6) is 0. The second-order valence-electron chi connectivity index (χ2n) is 19.1. The number of furan rings is 3. The second kappa shape index (κ2) is 13.2. The number of fused-ring (bicyclic) bond motifs is 15. The summed E-state index contributed by atoms with van der Waals surface area (Å²) in [6.45, 7) is 9.65. The molecule has 0 saturated heterocycles. The fraction of sp³-hybridized carbons (Fsp3) is 0.0968. The molecule has 0 atom stereocenters. The van der Waals surface area contributed by atoms with E-state index in [-0.39, 0.29) is 10.8 Å². The van der Waals surface area contributed by atoms with Gasteiger partial charge in [0, 0.05) is 60.0 Å². The van der Waals surface area contributed by atoms with E-state index in [9.17, 15) is 0 Å². The van der Waals surface area contributed by atoms with Gasteiger partial charge in [-0.1, -0.05) is 161 Å². The minimum absolute atomic E-state index is 0.301. The highest BCUT2D eigenvalue weighted by Gasteiger charge is 2.52. The SMILES string of the molecule is CC1(C)C2=C(c3c1cc(-c1ccc(N(c4ccccc4-c4ccccc4)c4cccc5c4oc4ccccc45)cc1)c1oc4ccccc4c31)C(C)(C)c1c2ccc2oc3ccccc3c12. The highest BCUT2D eigenvalue weighted by Crippen LogP contribution is 2.66. The number of para-hydroxylation sites is 5. The van der Waals surface area contributed by atoms with Gasteiger partial charge in [0.15, 0.2) is 5.58 Å². The van der Waals surface area contributed by atoms with Gasteiger partial charge in [-0.25, -0.2) is 0 Å². The van der Waals surface area contributed by atoms with Crippen LogP contribution in [-0.2, 0) is 10.8 Å². The topological polar surface area (TPSA) is 42.7 Å². The van der Waals surface area contributed by atoms with E-state index >= 15 is 0 Å². The number of hydrogen-bond acceptors (Lipinski definition) is 4. The molecule has 0 amide bonds. The zero-order valence-electron chi connectivity index (χ0n) is 37.1. The lowest BCUT2D eigenvalue weighted by atomic mass is 9.73. The van der Waals surface area contributed by atoms with Gasteiger partial charge in [-0.3, -0.25) is 0 Å². The molecule has 4 nitrogen and oxygen atoms in total. The maximum atomic E-state index is 7.04. The molecule has 4 heteroatoms. The van der Waals surface area contributed by atoms with Crippen LogP contribution in [0.25, 0.3) is 99.2 Å². The Morgan fingerprint density at radius 1 is 0.379 bits per heavy atom. The molecule has 314 valence electrons. The van der Waals surface area contributed by atoms with Gasteiger partial charge in [0.2, 0.25) is 0 Å². The number of rotatable bonds is 5. The van der Waals surface area contributed by atoms with Crippen molar-refractivity contribution in [3.63, 3.8) is 0 Å². The summed E-state index contributed by atoms with van der Waals surface area (Å²) in [7, 11) is 0. The maximum absolute atomic E-state index is 7.04. The minimum Gasteiger partial charge on any atom is -0.456 e. The van der Waals surface area contributed by atoms with Crippen LogP contribution in [0.3, 0.4) is 0 Å². The summed E-state index contributed by atoms with van der Waals surface area (Å²) in [5, 5.41) is 6.91. The van der Waals surface area contributed by atoms with Crippen LogP contribution in [-0.4, -0.2) is 0 Å². The van der Waals surface area contributed by atoms with Crippen molar-refractivity contribution in [3.8, 4) is 22.3 Å². The van der Waals surface area contributed by atoms with E-state index in [1.165, 1.54) is 49.6 Å². The lowest BCUT2D eigenvalue weighted by Crippen LogP contribution is -2.19. The van der Waals surface area contributed by atoms with Crippen LogP contribution in [0.2, 0.25) is 0 Å². The summed E-state index contributed by atoms with van der Waals surface area (Å²) in [6, 6.07) is 67.1. The van der Waals surface area contributed by atoms with Gasteiger partial charge in [0.05, 0.1) is 11.4 Å². The first kappa shape index (κ1) is 37.3. The van der Waals surface area contributed by atoms with Crippen molar-refractivity contribution in [3.05, 3.63) is 210 Å². The number of hydrogen-bond donors (Lipinski definition) is 0. The van der Waals surface area contributed by atoms with Crippen molar-refractivity contribution < 1.29 is 13.3 Å². The van der Waals surface area contributed by atoms with E-state index in [1.54, 1.807) is 0 Å². The summed E-state index contributed by atoms with van der Waals surface area (Å²) >= 11 is 0. The number of allylic oxidation sites excluding steroid dienone is 2. The standard InChI is InChI=1S/C62H43NO3/c1-61(2)46-35-45(60-54(43-22-11-15-28-51(43)66-60)55(46)58-57(61)44-33-34-52-53(56(44)62(58,3)4)42-21-10-14-27-50(42)64-52)37-29-31-38(32-30-37)63(47-24-12-8-19-39(47)36-17-6-5-7-18-36)48-25-16-23-41-40-20-9-13-26-49(40)65-59(41)48/h5-35H,1-4H3. The van der Waals surface area contributed by atoms with E-state index in [0.717, 1.165) is 89.0 Å². The summed E-state index contributed by atoms with van der Waals surface area (Å²) in [5.41, 5.74) is 20.4. The smallest absolute Gasteiger partial charge is 0.159 e. The summed E-state index contributed by atoms with van der Waals surface area (Å²) in [6.07, 6.45) is 0. The third kappa shape index (κ3) is 4.93. The molecule has 0 N–H and O–H groups in total. The first-order valence-electron chi connectivity index (χ1n) is 22.9. The van der Waals surface area contributed by atoms with Crippen LogP contribution in [0.5, 0.6) is 0 Å². The Morgan fingerprint density at radius 3 is 1.74 bits per heavy atom. The van der Waals surface area contributed by atoms with Gasteiger partial charge in [0.1, 0.15) is 27.9 Å². The zero-order chi connectivity index (χ0) is 44.1. The third-order valence-electron chi connectivity index (χ3n) is 14.8. The Kier molecular flexibility index (Phi) is 7.49. The minimum atomic E-state index is -0.310. The molecule has 12 aromatic rings. The molecule has 0 aliphatic heterocycles. The molecule has 66 heavy (non-hydrogen) atoms. The van der Waals surface area contributed by atoms with Crippen molar-refractivity contribution in [2.75, 3.05) is 4.90 Å². The fourth-order valence-electron chi connectivity index (χ4n) is 12.0. The molecule has 0 fully saturated rings. The quantitative estimate of drug-likeness (QED) is 0.173. The van der Waals surface area contributed by atoms with Gasteiger partial charge in [-0.15, -0.1) is 0 Å². The van der Waals surface area contributed by atoms with Crippen LogP contribution in [0.1, 0.15) is 49.9 Å². The molecule has 3 heterocycles. The number of anilines is 3. The highest BCUT2D eigenvalue weighted by atomic mass is 16.3.